The highest BCUT2D eigenvalue weighted by molar-refractivity contribution is 7.99. The third kappa shape index (κ3) is 2.83. The average Bonchev–Trinajstić information content (AvgIpc) is 2.33. The van der Waals surface area contributed by atoms with E-state index in [0.717, 1.165) is 24.6 Å². The summed E-state index contributed by atoms with van der Waals surface area (Å²) >= 11 is 1.87. The normalized spacial score (nSPS) is 26.8. The van der Waals surface area contributed by atoms with Gasteiger partial charge in [-0.25, -0.2) is 0 Å². The number of rotatable bonds is 4. The number of nitrogens with zero attached hydrogens (tertiary/aromatic N) is 2. The summed E-state index contributed by atoms with van der Waals surface area (Å²) in [6.45, 7) is 1.81. The number of nitrogens with one attached hydrogen (secondary N) is 1. The van der Waals surface area contributed by atoms with Gasteiger partial charge in [-0.05, 0) is 33.4 Å². The summed E-state index contributed by atoms with van der Waals surface area (Å²) in [7, 11) is 6.21. The smallest absolute Gasteiger partial charge is 0.240 e. The van der Waals surface area contributed by atoms with E-state index >= 15 is 0 Å². The van der Waals surface area contributed by atoms with Crippen LogP contribution in [0.4, 0.5) is 0 Å². The Balaban J connectivity index is 1.90. The third-order valence-corrected chi connectivity index (χ3v) is 5.42. The van der Waals surface area contributed by atoms with Crippen LogP contribution in [0.15, 0.2) is 0 Å². The SMILES string of the molecule is CN(CC1(N(C)C)CCC1)C(=O)C1CSCCN1. The van der Waals surface area contributed by atoms with Crippen molar-refractivity contribution in [3.63, 3.8) is 0 Å². The van der Waals surface area contributed by atoms with Crippen LogP contribution in [0.3, 0.4) is 0 Å². The summed E-state index contributed by atoms with van der Waals surface area (Å²) in [6, 6.07) is 0.0213. The van der Waals surface area contributed by atoms with Crippen molar-refractivity contribution < 1.29 is 4.79 Å². The molecule has 4 nitrogen and oxygen atoms in total. The topological polar surface area (TPSA) is 35.6 Å². The van der Waals surface area contributed by atoms with Gasteiger partial charge in [0.1, 0.15) is 0 Å². The minimum Gasteiger partial charge on any atom is -0.343 e. The molecule has 5 heteroatoms. The van der Waals surface area contributed by atoms with E-state index in [4.69, 9.17) is 0 Å². The summed E-state index contributed by atoms with van der Waals surface area (Å²) in [4.78, 5) is 16.6. The van der Waals surface area contributed by atoms with E-state index in [2.05, 4.69) is 24.3 Å². The second-order valence-electron chi connectivity index (χ2n) is 5.75. The maximum atomic E-state index is 12.4. The molecule has 1 saturated heterocycles. The van der Waals surface area contributed by atoms with E-state index < -0.39 is 0 Å². The molecule has 1 unspecified atom stereocenters. The number of carbonyl (C=O) groups excluding carboxylic acids is 1. The van der Waals surface area contributed by atoms with E-state index in [0.29, 0.717) is 0 Å². The molecule has 1 amide bonds. The van der Waals surface area contributed by atoms with E-state index in [1.165, 1.54) is 19.3 Å². The molecule has 1 heterocycles. The van der Waals surface area contributed by atoms with Gasteiger partial charge in [-0.15, -0.1) is 0 Å². The first-order chi connectivity index (χ1) is 8.55. The van der Waals surface area contributed by atoms with Crippen molar-refractivity contribution in [3.05, 3.63) is 0 Å². The number of hydrogen-bond acceptors (Lipinski definition) is 4. The van der Waals surface area contributed by atoms with Gasteiger partial charge in [0, 0.05) is 37.2 Å². The van der Waals surface area contributed by atoms with E-state index in [9.17, 15) is 4.79 Å². The monoisotopic (exact) mass is 271 g/mol. The lowest BCUT2D eigenvalue weighted by atomic mass is 9.75. The second kappa shape index (κ2) is 5.80. The van der Waals surface area contributed by atoms with Gasteiger partial charge in [-0.3, -0.25) is 4.79 Å². The van der Waals surface area contributed by atoms with Gasteiger partial charge in [0.25, 0.3) is 0 Å². The Kier molecular flexibility index (Phi) is 4.56. The van der Waals surface area contributed by atoms with Crippen molar-refractivity contribution in [1.82, 2.24) is 15.1 Å². The number of likely N-dealkylation sites (N-methyl/N-ethyl adjacent to an activating group) is 2. The summed E-state index contributed by atoms with van der Waals surface area (Å²) < 4.78 is 0. The molecule has 1 N–H and O–H groups in total. The maximum Gasteiger partial charge on any atom is 0.240 e. The molecule has 0 aromatic carbocycles. The van der Waals surface area contributed by atoms with Gasteiger partial charge in [-0.2, -0.15) is 11.8 Å². The van der Waals surface area contributed by atoms with Crippen LogP contribution in [-0.2, 0) is 4.79 Å². The van der Waals surface area contributed by atoms with E-state index in [1.54, 1.807) is 0 Å². The lowest BCUT2D eigenvalue weighted by Crippen LogP contribution is -2.59. The Morgan fingerprint density at radius 2 is 2.11 bits per heavy atom. The first-order valence-corrected chi connectivity index (χ1v) is 7.94. The molecule has 0 bridgehead atoms. The Morgan fingerprint density at radius 1 is 1.39 bits per heavy atom. The third-order valence-electron chi connectivity index (χ3n) is 4.36. The molecule has 1 saturated carbocycles. The van der Waals surface area contributed by atoms with Gasteiger partial charge in [-0.1, -0.05) is 0 Å². The van der Waals surface area contributed by atoms with Crippen molar-refractivity contribution in [2.75, 3.05) is 45.7 Å². The second-order valence-corrected chi connectivity index (χ2v) is 6.90. The minimum absolute atomic E-state index is 0.0213. The van der Waals surface area contributed by atoms with Crippen molar-refractivity contribution in [2.24, 2.45) is 0 Å². The lowest BCUT2D eigenvalue weighted by molar-refractivity contribution is -0.134. The molecule has 2 aliphatic rings. The molecular formula is C13H25N3OS. The number of amides is 1. The van der Waals surface area contributed by atoms with Crippen LogP contribution in [0.25, 0.3) is 0 Å². The Hall–Kier alpha value is -0.260. The van der Waals surface area contributed by atoms with Crippen LogP contribution < -0.4 is 5.32 Å². The number of hydrogen-bond donors (Lipinski definition) is 1. The van der Waals surface area contributed by atoms with Crippen molar-refractivity contribution >= 4 is 17.7 Å². The van der Waals surface area contributed by atoms with Crippen LogP contribution in [0, 0.1) is 0 Å². The van der Waals surface area contributed by atoms with Crippen LogP contribution in [0.2, 0.25) is 0 Å². The van der Waals surface area contributed by atoms with Gasteiger partial charge in [0.15, 0.2) is 0 Å². The fourth-order valence-corrected chi connectivity index (χ4v) is 3.77. The molecule has 0 aromatic rings. The molecule has 2 rings (SSSR count). The van der Waals surface area contributed by atoms with E-state index in [-0.39, 0.29) is 17.5 Å². The molecule has 0 spiro atoms. The predicted octanol–water partition coefficient (Wildman–Crippen LogP) is 0.634. The van der Waals surface area contributed by atoms with E-state index in [1.807, 2.05) is 23.7 Å². The van der Waals surface area contributed by atoms with Crippen LogP contribution in [0.5, 0.6) is 0 Å². The molecule has 2 fully saturated rings. The predicted molar refractivity (Wildman–Crippen MR) is 77.0 cm³/mol. The zero-order valence-corrected chi connectivity index (χ0v) is 12.6. The van der Waals surface area contributed by atoms with Gasteiger partial charge >= 0.3 is 0 Å². The Bertz CT molecular complexity index is 299. The summed E-state index contributed by atoms with van der Waals surface area (Å²) in [5.74, 6) is 2.29. The molecule has 0 aromatic heterocycles. The van der Waals surface area contributed by atoms with Crippen molar-refractivity contribution in [1.29, 1.82) is 0 Å². The highest BCUT2D eigenvalue weighted by Crippen LogP contribution is 2.36. The Morgan fingerprint density at radius 3 is 2.56 bits per heavy atom. The molecule has 1 aliphatic carbocycles. The number of carbonyl (C=O) groups is 1. The maximum absolute atomic E-state index is 12.4. The van der Waals surface area contributed by atoms with Gasteiger partial charge in [0.2, 0.25) is 5.91 Å². The summed E-state index contributed by atoms with van der Waals surface area (Å²) in [5.41, 5.74) is 0.228. The summed E-state index contributed by atoms with van der Waals surface area (Å²) in [5, 5.41) is 3.33. The molecular weight excluding hydrogens is 246 g/mol. The summed E-state index contributed by atoms with van der Waals surface area (Å²) in [6.07, 6.45) is 3.71. The minimum atomic E-state index is 0.0213. The van der Waals surface area contributed by atoms with Crippen LogP contribution in [0.1, 0.15) is 19.3 Å². The molecule has 1 atom stereocenters. The average molecular weight is 271 g/mol. The highest BCUT2D eigenvalue weighted by Gasteiger charge is 2.41. The Labute approximate surface area is 114 Å². The van der Waals surface area contributed by atoms with Crippen LogP contribution in [-0.4, -0.2) is 73.0 Å². The molecule has 0 radical (unpaired) electrons. The van der Waals surface area contributed by atoms with Gasteiger partial charge in [0.05, 0.1) is 6.04 Å². The van der Waals surface area contributed by atoms with Gasteiger partial charge < -0.3 is 15.1 Å². The molecule has 1 aliphatic heterocycles. The first-order valence-electron chi connectivity index (χ1n) is 6.79. The van der Waals surface area contributed by atoms with Crippen LogP contribution >= 0.6 is 11.8 Å². The zero-order valence-electron chi connectivity index (χ0n) is 11.7. The fourth-order valence-electron chi connectivity index (χ4n) is 2.84. The lowest BCUT2D eigenvalue weighted by Gasteiger charge is -2.49. The fraction of sp³-hybridized carbons (Fsp3) is 0.923. The van der Waals surface area contributed by atoms with Crippen molar-refractivity contribution in [3.8, 4) is 0 Å². The standard InChI is InChI=1S/C13H25N3OS/c1-15(2)13(5-4-6-13)10-16(3)12(17)11-9-18-8-7-14-11/h11,14H,4-10H2,1-3H3. The largest absolute Gasteiger partial charge is 0.343 e. The zero-order chi connectivity index (χ0) is 13.2. The first kappa shape index (κ1) is 14.2. The molecule has 18 heavy (non-hydrogen) atoms. The molecule has 104 valence electrons. The quantitative estimate of drug-likeness (QED) is 0.814. The highest BCUT2D eigenvalue weighted by atomic mass is 32.2. The van der Waals surface area contributed by atoms with Crippen molar-refractivity contribution in [2.45, 2.75) is 30.8 Å². The number of thioether (sulfide) groups is 1.